The van der Waals surface area contributed by atoms with Gasteiger partial charge in [-0.15, -0.1) is 0 Å². The van der Waals surface area contributed by atoms with E-state index >= 15 is 0 Å². The summed E-state index contributed by atoms with van der Waals surface area (Å²) < 4.78 is 0. The van der Waals surface area contributed by atoms with E-state index in [-0.39, 0.29) is 0 Å². The first-order valence-corrected chi connectivity index (χ1v) is 9.09. The molecule has 0 aromatic heterocycles. The van der Waals surface area contributed by atoms with Crippen molar-refractivity contribution in [2.45, 2.75) is 79.6 Å². The quantitative estimate of drug-likeness (QED) is 0.361. The number of hydrogen-bond acceptors (Lipinski definition) is 6. The van der Waals surface area contributed by atoms with Crippen LogP contribution >= 0.6 is 0 Å². The van der Waals surface area contributed by atoms with Crippen molar-refractivity contribution in [1.82, 2.24) is 31.1 Å². The molecule has 0 heterocycles. The van der Waals surface area contributed by atoms with E-state index in [4.69, 9.17) is 0 Å². The van der Waals surface area contributed by atoms with Crippen LogP contribution in [-0.2, 0) is 0 Å². The summed E-state index contributed by atoms with van der Waals surface area (Å²) in [5.41, 5.74) is 0. The first kappa shape index (κ1) is 22.8. The van der Waals surface area contributed by atoms with E-state index in [9.17, 15) is 0 Å². The second-order valence-electron chi connectivity index (χ2n) is 7.55. The minimum Gasteiger partial charge on any atom is -0.302 e. The van der Waals surface area contributed by atoms with Crippen molar-refractivity contribution in [2.24, 2.45) is 0 Å². The van der Waals surface area contributed by atoms with E-state index in [1.807, 2.05) is 0 Å². The molecule has 0 aliphatic carbocycles. The summed E-state index contributed by atoms with van der Waals surface area (Å²) in [6.07, 6.45) is 0. The largest absolute Gasteiger partial charge is 0.302 e. The van der Waals surface area contributed by atoms with Gasteiger partial charge < -0.3 is 21.3 Å². The van der Waals surface area contributed by atoms with Crippen molar-refractivity contribution in [3.05, 3.63) is 0 Å². The summed E-state index contributed by atoms with van der Waals surface area (Å²) in [6, 6.07) is 1.97. The van der Waals surface area contributed by atoms with E-state index in [1.54, 1.807) is 0 Å². The predicted molar refractivity (Wildman–Crippen MR) is 101 cm³/mol. The Bertz CT molecular complexity index is 218. The van der Waals surface area contributed by atoms with Gasteiger partial charge >= 0.3 is 0 Å². The molecule has 0 saturated carbocycles. The zero-order valence-corrected chi connectivity index (χ0v) is 16.7. The van der Waals surface area contributed by atoms with Gasteiger partial charge in [-0.1, -0.05) is 0 Å². The number of hydrogen-bond donors (Lipinski definition) is 4. The van der Waals surface area contributed by atoms with E-state index < -0.39 is 0 Å². The number of nitrogens with one attached hydrogen (secondary N) is 4. The third-order valence-corrected chi connectivity index (χ3v) is 3.29. The van der Waals surface area contributed by atoms with Crippen LogP contribution in [0.15, 0.2) is 0 Å². The van der Waals surface area contributed by atoms with Crippen LogP contribution in [0.2, 0.25) is 0 Å². The molecule has 6 heteroatoms. The van der Waals surface area contributed by atoms with E-state index in [1.165, 1.54) is 0 Å². The average Bonchev–Trinajstić information content (AvgIpc) is 2.43. The second-order valence-corrected chi connectivity index (χ2v) is 7.55. The Labute approximate surface area is 144 Å². The lowest BCUT2D eigenvalue weighted by molar-refractivity contribution is 0.0926. The normalized spacial score (nSPS) is 12.8. The van der Waals surface area contributed by atoms with Gasteiger partial charge in [0.25, 0.3) is 0 Å². The number of rotatable bonds is 14. The number of nitrogens with zero attached hydrogens (tertiary/aromatic N) is 2. The van der Waals surface area contributed by atoms with Gasteiger partial charge in [-0.3, -0.25) is 9.80 Å². The molecule has 0 amide bonds. The maximum absolute atomic E-state index is 3.52. The molecule has 140 valence electrons. The third-order valence-electron chi connectivity index (χ3n) is 3.29. The van der Waals surface area contributed by atoms with Crippen LogP contribution in [0.25, 0.3) is 0 Å². The van der Waals surface area contributed by atoms with Crippen molar-refractivity contribution in [2.75, 3.05) is 33.3 Å². The highest BCUT2D eigenvalue weighted by molar-refractivity contribution is 4.64. The van der Waals surface area contributed by atoms with Gasteiger partial charge in [0.1, 0.15) is 0 Å². The minimum absolute atomic E-state index is 0.493. The summed E-state index contributed by atoms with van der Waals surface area (Å²) in [6.45, 7) is 22.0. The van der Waals surface area contributed by atoms with Gasteiger partial charge in [-0.05, 0) is 55.4 Å². The van der Waals surface area contributed by atoms with Crippen molar-refractivity contribution >= 4 is 0 Å². The molecule has 0 radical (unpaired) electrons. The van der Waals surface area contributed by atoms with Crippen molar-refractivity contribution in [1.29, 1.82) is 0 Å². The van der Waals surface area contributed by atoms with Crippen LogP contribution < -0.4 is 21.3 Å². The van der Waals surface area contributed by atoms with E-state index in [2.05, 4.69) is 86.5 Å². The Kier molecular flexibility index (Phi) is 13.0. The van der Waals surface area contributed by atoms with Gasteiger partial charge in [0.05, 0.1) is 33.3 Å². The summed E-state index contributed by atoms with van der Waals surface area (Å²) in [5.74, 6) is 0. The molecule has 0 saturated heterocycles. The van der Waals surface area contributed by atoms with Crippen LogP contribution in [0.1, 0.15) is 55.4 Å². The molecule has 0 unspecified atom stereocenters. The molecule has 0 atom stereocenters. The zero-order chi connectivity index (χ0) is 17.8. The summed E-state index contributed by atoms with van der Waals surface area (Å²) in [7, 11) is 0. The Balaban J connectivity index is 4.56. The highest BCUT2D eigenvalue weighted by atomic mass is 15.4. The Hall–Kier alpha value is -0.240. The van der Waals surface area contributed by atoms with Crippen LogP contribution in [0.4, 0.5) is 0 Å². The lowest BCUT2D eigenvalue weighted by Gasteiger charge is -2.33. The highest BCUT2D eigenvalue weighted by Gasteiger charge is 2.13. The standard InChI is InChI=1S/C17H42N6/c1-14(2)18-9-22(10-19-15(3)4)13-23(11-20-16(5)6)12-21-17(7)8/h14-21H,9-13H2,1-8H3. The van der Waals surface area contributed by atoms with E-state index in [0.29, 0.717) is 24.2 Å². The maximum atomic E-state index is 3.52. The average molecular weight is 331 g/mol. The van der Waals surface area contributed by atoms with Crippen LogP contribution in [0.3, 0.4) is 0 Å². The molecule has 4 N–H and O–H groups in total. The SMILES string of the molecule is CC(C)NCN(CNC(C)C)CN(CNC(C)C)CNC(C)C. The van der Waals surface area contributed by atoms with Crippen LogP contribution in [-0.4, -0.2) is 67.3 Å². The molecule has 0 bridgehead atoms. The smallest absolute Gasteiger partial charge is 0.0554 e. The first-order valence-electron chi connectivity index (χ1n) is 9.09. The molecule has 0 aliphatic heterocycles. The lowest BCUT2D eigenvalue weighted by Crippen LogP contribution is -2.53. The molecular weight excluding hydrogens is 288 g/mol. The van der Waals surface area contributed by atoms with Gasteiger partial charge in [-0.25, -0.2) is 0 Å². The third kappa shape index (κ3) is 15.1. The topological polar surface area (TPSA) is 54.6 Å². The fourth-order valence-electron chi connectivity index (χ4n) is 1.84. The van der Waals surface area contributed by atoms with Crippen LogP contribution in [0.5, 0.6) is 0 Å². The molecule has 0 aliphatic rings. The fourth-order valence-corrected chi connectivity index (χ4v) is 1.84. The molecule has 0 fully saturated rings. The molecule has 0 spiro atoms. The Morgan fingerprint density at radius 2 is 0.696 bits per heavy atom. The van der Waals surface area contributed by atoms with Crippen LogP contribution in [0, 0.1) is 0 Å². The molecule has 0 rings (SSSR count). The fraction of sp³-hybridized carbons (Fsp3) is 1.00. The molecule has 23 heavy (non-hydrogen) atoms. The second kappa shape index (κ2) is 13.1. The van der Waals surface area contributed by atoms with Gasteiger partial charge in [-0.2, -0.15) is 0 Å². The molecule has 0 aromatic carbocycles. The highest BCUT2D eigenvalue weighted by Crippen LogP contribution is 1.94. The lowest BCUT2D eigenvalue weighted by atomic mass is 10.4. The Morgan fingerprint density at radius 3 is 0.870 bits per heavy atom. The van der Waals surface area contributed by atoms with Crippen molar-refractivity contribution in [3.63, 3.8) is 0 Å². The maximum Gasteiger partial charge on any atom is 0.0554 e. The van der Waals surface area contributed by atoms with Gasteiger partial charge in [0, 0.05) is 24.2 Å². The van der Waals surface area contributed by atoms with Gasteiger partial charge in [0.15, 0.2) is 0 Å². The van der Waals surface area contributed by atoms with Gasteiger partial charge in [0.2, 0.25) is 0 Å². The Morgan fingerprint density at radius 1 is 0.478 bits per heavy atom. The van der Waals surface area contributed by atoms with Crippen molar-refractivity contribution in [3.8, 4) is 0 Å². The molecule has 0 aromatic rings. The molecular formula is C17H42N6. The summed E-state index contributed by atoms with van der Waals surface area (Å²) >= 11 is 0. The van der Waals surface area contributed by atoms with Crippen molar-refractivity contribution < 1.29 is 0 Å². The zero-order valence-electron chi connectivity index (χ0n) is 16.7. The predicted octanol–water partition coefficient (Wildman–Crippen LogP) is 1.37. The monoisotopic (exact) mass is 330 g/mol. The molecule has 6 nitrogen and oxygen atoms in total. The van der Waals surface area contributed by atoms with E-state index in [0.717, 1.165) is 33.3 Å². The first-order chi connectivity index (χ1) is 10.7. The summed E-state index contributed by atoms with van der Waals surface area (Å²) in [5, 5.41) is 14.1. The summed E-state index contributed by atoms with van der Waals surface area (Å²) in [4.78, 5) is 4.81. The minimum atomic E-state index is 0.493.